The number of para-hydroxylation sites is 1. The Morgan fingerprint density at radius 3 is 2.86 bits per heavy atom. The summed E-state index contributed by atoms with van der Waals surface area (Å²) < 4.78 is 21.0. The molecule has 0 unspecified atom stereocenters. The molecular weight excluding hydrogens is 391 g/mol. The Morgan fingerprint density at radius 1 is 1.21 bits per heavy atom. The minimum Gasteiger partial charge on any atom is -0.453 e. The van der Waals surface area contributed by atoms with Gasteiger partial charge in [-0.2, -0.15) is 0 Å². The van der Waals surface area contributed by atoms with Gasteiger partial charge in [-0.15, -0.1) is 16.8 Å². The normalized spacial score (nSPS) is 10.9. The van der Waals surface area contributed by atoms with Crippen LogP contribution in [-0.4, -0.2) is 26.4 Å². The van der Waals surface area contributed by atoms with Crippen LogP contribution in [0.25, 0.3) is 22.6 Å². The third-order valence-corrected chi connectivity index (χ3v) is 5.08. The highest BCUT2D eigenvalue weighted by molar-refractivity contribution is 7.99. The fourth-order valence-electron chi connectivity index (χ4n) is 2.86. The molecule has 0 bridgehead atoms. The van der Waals surface area contributed by atoms with Crippen molar-refractivity contribution < 1.29 is 13.6 Å². The van der Waals surface area contributed by atoms with E-state index in [1.54, 1.807) is 18.2 Å². The monoisotopic (exact) mass is 408 g/mol. The predicted molar refractivity (Wildman–Crippen MR) is 111 cm³/mol. The number of nitrogens with one attached hydrogen (secondary N) is 1. The molecule has 0 aliphatic carbocycles. The summed E-state index contributed by atoms with van der Waals surface area (Å²) >= 11 is 1.24. The molecule has 0 radical (unpaired) electrons. The number of carbonyl (C=O) groups excluding carboxylic acids is 1. The first-order valence-corrected chi connectivity index (χ1v) is 9.84. The maximum absolute atomic E-state index is 13.3. The van der Waals surface area contributed by atoms with Gasteiger partial charge in [0.1, 0.15) is 11.4 Å². The maximum atomic E-state index is 13.3. The molecule has 8 heteroatoms. The number of furan rings is 1. The highest BCUT2D eigenvalue weighted by atomic mass is 32.2. The van der Waals surface area contributed by atoms with Crippen molar-refractivity contribution in [2.24, 2.45) is 0 Å². The lowest BCUT2D eigenvalue weighted by atomic mass is 10.2. The Balaban J connectivity index is 1.52. The van der Waals surface area contributed by atoms with Crippen molar-refractivity contribution in [3.63, 3.8) is 0 Å². The zero-order chi connectivity index (χ0) is 20.2. The van der Waals surface area contributed by atoms with Crippen LogP contribution in [0.15, 0.2) is 76.8 Å². The number of allylic oxidation sites excluding steroid dienone is 1. The lowest BCUT2D eigenvalue weighted by Crippen LogP contribution is -2.14. The zero-order valence-electron chi connectivity index (χ0n) is 15.3. The van der Waals surface area contributed by atoms with Crippen molar-refractivity contribution in [3.05, 3.63) is 73.1 Å². The molecule has 0 aliphatic rings. The van der Waals surface area contributed by atoms with E-state index in [2.05, 4.69) is 22.1 Å². The van der Waals surface area contributed by atoms with Crippen LogP contribution < -0.4 is 5.32 Å². The number of fused-ring (bicyclic) bond motifs is 1. The first-order valence-electron chi connectivity index (χ1n) is 8.85. The van der Waals surface area contributed by atoms with E-state index in [0.29, 0.717) is 29.0 Å². The molecule has 2 heterocycles. The van der Waals surface area contributed by atoms with Gasteiger partial charge in [-0.3, -0.25) is 9.36 Å². The van der Waals surface area contributed by atoms with E-state index in [4.69, 9.17) is 4.42 Å². The van der Waals surface area contributed by atoms with Crippen molar-refractivity contribution in [2.45, 2.75) is 11.7 Å². The molecular formula is C21H17FN4O2S. The van der Waals surface area contributed by atoms with Crippen LogP contribution in [-0.2, 0) is 11.3 Å². The highest BCUT2D eigenvalue weighted by Gasteiger charge is 2.18. The molecule has 0 fully saturated rings. The largest absolute Gasteiger partial charge is 0.453 e. The second kappa shape index (κ2) is 8.32. The molecule has 0 atom stereocenters. The topological polar surface area (TPSA) is 73.0 Å². The van der Waals surface area contributed by atoms with Crippen LogP contribution in [0.5, 0.6) is 0 Å². The molecule has 4 rings (SSSR count). The smallest absolute Gasteiger partial charge is 0.234 e. The van der Waals surface area contributed by atoms with Crippen LogP contribution in [0.2, 0.25) is 0 Å². The summed E-state index contributed by atoms with van der Waals surface area (Å²) in [7, 11) is 0. The molecule has 2 aromatic carbocycles. The summed E-state index contributed by atoms with van der Waals surface area (Å²) in [4.78, 5) is 12.2. The summed E-state index contributed by atoms with van der Waals surface area (Å²) in [6, 6.07) is 15.4. The number of aromatic nitrogens is 3. The molecule has 4 aromatic rings. The van der Waals surface area contributed by atoms with Gasteiger partial charge >= 0.3 is 0 Å². The van der Waals surface area contributed by atoms with Crippen molar-refractivity contribution >= 4 is 34.3 Å². The second-order valence-corrected chi connectivity index (χ2v) is 7.14. The number of amides is 1. The van der Waals surface area contributed by atoms with Crippen LogP contribution >= 0.6 is 11.8 Å². The van der Waals surface area contributed by atoms with Gasteiger partial charge in [-0.1, -0.05) is 42.1 Å². The predicted octanol–water partition coefficient (Wildman–Crippen LogP) is 4.75. The van der Waals surface area contributed by atoms with Gasteiger partial charge in [0.2, 0.25) is 11.7 Å². The first-order chi connectivity index (χ1) is 14.1. The SMILES string of the molecule is C=CCn1c(SCC(=O)Nc2cccc(F)c2)nnc1-c1cc2ccccc2o1. The summed E-state index contributed by atoms with van der Waals surface area (Å²) in [6.45, 7) is 4.25. The Kier molecular flexibility index (Phi) is 5.44. The van der Waals surface area contributed by atoms with Gasteiger partial charge in [-0.25, -0.2) is 4.39 Å². The molecule has 1 amide bonds. The van der Waals surface area contributed by atoms with Crippen LogP contribution in [0.1, 0.15) is 0 Å². The molecule has 0 spiro atoms. The van der Waals surface area contributed by atoms with Crippen LogP contribution in [0.3, 0.4) is 0 Å². The molecule has 0 saturated heterocycles. The van der Waals surface area contributed by atoms with Crippen LogP contribution in [0.4, 0.5) is 10.1 Å². The van der Waals surface area contributed by atoms with E-state index in [1.165, 1.54) is 23.9 Å². The number of carbonyl (C=O) groups is 1. The number of hydrogen-bond acceptors (Lipinski definition) is 5. The molecule has 0 saturated carbocycles. The number of nitrogens with zero attached hydrogens (tertiary/aromatic N) is 3. The van der Waals surface area contributed by atoms with E-state index < -0.39 is 5.82 Å². The van der Waals surface area contributed by atoms with E-state index in [0.717, 1.165) is 11.0 Å². The quantitative estimate of drug-likeness (QED) is 0.353. The fraction of sp³-hybridized carbons (Fsp3) is 0.0952. The molecule has 29 heavy (non-hydrogen) atoms. The number of rotatable bonds is 7. The lowest BCUT2D eigenvalue weighted by molar-refractivity contribution is -0.113. The summed E-state index contributed by atoms with van der Waals surface area (Å²) in [5.74, 6) is 0.591. The maximum Gasteiger partial charge on any atom is 0.234 e. The highest BCUT2D eigenvalue weighted by Crippen LogP contribution is 2.29. The van der Waals surface area contributed by atoms with Gasteiger partial charge < -0.3 is 9.73 Å². The second-order valence-electron chi connectivity index (χ2n) is 6.20. The summed E-state index contributed by atoms with van der Waals surface area (Å²) in [5, 5.41) is 12.6. The Hall–Kier alpha value is -3.39. The molecule has 1 N–H and O–H groups in total. The van der Waals surface area contributed by atoms with E-state index in [1.807, 2.05) is 34.9 Å². The van der Waals surface area contributed by atoms with Crippen molar-refractivity contribution in [1.82, 2.24) is 14.8 Å². The standard InChI is InChI=1S/C21H17FN4O2S/c1-2-10-26-20(18-11-14-6-3-4-9-17(14)28-18)24-25-21(26)29-13-19(27)23-16-8-5-7-15(22)12-16/h2-9,11-12H,1,10,13H2,(H,23,27). The number of halogens is 1. The van der Waals surface area contributed by atoms with E-state index in [-0.39, 0.29) is 11.7 Å². The van der Waals surface area contributed by atoms with Gasteiger partial charge in [0, 0.05) is 17.6 Å². The third-order valence-electron chi connectivity index (χ3n) is 4.12. The molecule has 146 valence electrons. The van der Waals surface area contributed by atoms with Crippen LogP contribution in [0, 0.1) is 5.82 Å². The van der Waals surface area contributed by atoms with Gasteiger partial charge in [0.15, 0.2) is 10.9 Å². The Morgan fingerprint density at radius 2 is 2.07 bits per heavy atom. The minimum absolute atomic E-state index is 0.103. The third kappa shape index (κ3) is 4.22. The van der Waals surface area contributed by atoms with E-state index in [9.17, 15) is 9.18 Å². The average molecular weight is 408 g/mol. The van der Waals surface area contributed by atoms with Crippen molar-refractivity contribution in [3.8, 4) is 11.6 Å². The fourth-order valence-corrected chi connectivity index (χ4v) is 3.60. The number of hydrogen-bond donors (Lipinski definition) is 1. The van der Waals surface area contributed by atoms with Crippen molar-refractivity contribution in [1.29, 1.82) is 0 Å². The number of benzene rings is 2. The molecule has 2 aromatic heterocycles. The minimum atomic E-state index is -0.406. The van der Waals surface area contributed by atoms with Gasteiger partial charge in [-0.05, 0) is 30.3 Å². The molecule has 0 aliphatic heterocycles. The lowest BCUT2D eigenvalue weighted by Gasteiger charge is -2.07. The molecule has 6 nitrogen and oxygen atoms in total. The van der Waals surface area contributed by atoms with Gasteiger partial charge in [0.25, 0.3) is 0 Å². The number of anilines is 1. The average Bonchev–Trinajstić information content (AvgIpc) is 3.30. The van der Waals surface area contributed by atoms with Crippen molar-refractivity contribution in [2.75, 3.05) is 11.1 Å². The Labute approximate surface area is 170 Å². The summed E-state index contributed by atoms with van der Waals surface area (Å²) in [5.41, 5.74) is 1.17. The van der Waals surface area contributed by atoms with Gasteiger partial charge in [0.05, 0.1) is 5.75 Å². The summed E-state index contributed by atoms with van der Waals surface area (Å²) in [6.07, 6.45) is 1.73. The number of thioether (sulfide) groups is 1. The van der Waals surface area contributed by atoms with E-state index >= 15 is 0 Å². The first kappa shape index (κ1) is 18.9. The zero-order valence-corrected chi connectivity index (χ0v) is 16.2. The Bertz CT molecular complexity index is 1150.